The monoisotopic (exact) mass is 260 g/mol. The molecule has 0 saturated carbocycles. The third kappa shape index (κ3) is 2.05. The van der Waals surface area contributed by atoms with Gasteiger partial charge in [0.1, 0.15) is 0 Å². The van der Waals surface area contributed by atoms with E-state index in [1.54, 1.807) is 6.07 Å². The smallest absolute Gasteiger partial charge is 0.0611 e. The summed E-state index contributed by atoms with van der Waals surface area (Å²) in [6.45, 7) is 0. The molecule has 20 heavy (non-hydrogen) atoms. The molecule has 0 aliphatic carbocycles. The number of nitrogens with two attached hydrogens (primary N) is 1. The first-order valence-electron chi connectivity index (χ1n) is 6.22. The third-order valence-electron chi connectivity index (χ3n) is 3.30. The van der Waals surface area contributed by atoms with Crippen LogP contribution in [-0.2, 0) is 0 Å². The number of fused-ring (bicyclic) bond motifs is 1. The lowest BCUT2D eigenvalue weighted by atomic mass is 9.99. The van der Waals surface area contributed by atoms with Crippen molar-refractivity contribution in [3.05, 3.63) is 71.1 Å². The summed E-state index contributed by atoms with van der Waals surface area (Å²) in [6.07, 6.45) is 0. The Hall–Kier alpha value is -2.97. The van der Waals surface area contributed by atoms with Gasteiger partial charge in [0.15, 0.2) is 0 Å². The van der Waals surface area contributed by atoms with Crippen LogP contribution in [0.2, 0.25) is 0 Å². The van der Waals surface area contributed by atoms with Gasteiger partial charge in [-0.2, -0.15) is 0 Å². The van der Waals surface area contributed by atoms with Crippen molar-refractivity contribution in [3.63, 3.8) is 0 Å². The number of benzene rings is 3. The Kier molecular flexibility index (Phi) is 2.99. The summed E-state index contributed by atoms with van der Waals surface area (Å²) < 4.78 is 0. The zero-order valence-electron chi connectivity index (χ0n) is 10.7. The summed E-state index contributed by atoms with van der Waals surface area (Å²) in [4.78, 5) is 2.80. The normalized spacial score (nSPS) is 10.2. The SMILES string of the molecule is [N-]=[N+]=Nc1cccc(-c2ccc3ccccc3c2)c1N. The molecule has 0 amide bonds. The Bertz CT molecular complexity index is 833. The first-order valence-corrected chi connectivity index (χ1v) is 6.22. The molecule has 0 bridgehead atoms. The molecule has 0 aliphatic heterocycles. The van der Waals surface area contributed by atoms with Crippen molar-refractivity contribution >= 4 is 22.1 Å². The molecule has 0 saturated heterocycles. The molecule has 0 unspecified atom stereocenters. The maximum Gasteiger partial charge on any atom is 0.0611 e. The zero-order valence-corrected chi connectivity index (χ0v) is 10.7. The van der Waals surface area contributed by atoms with Crippen molar-refractivity contribution in [3.8, 4) is 11.1 Å². The minimum atomic E-state index is 0.457. The van der Waals surface area contributed by atoms with Crippen LogP contribution in [0.4, 0.5) is 11.4 Å². The number of para-hydroxylation sites is 1. The summed E-state index contributed by atoms with van der Waals surface area (Å²) in [5, 5.41) is 5.94. The Labute approximate surface area is 116 Å². The zero-order chi connectivity index (χ0) is 13.9. The Morgan fingerprint density at radius 1 is 0.900 bits per heavy atom. The number of hydrogen-bond donors (Lipinski definition) is 1. The van der Waals surface area contributed by atoms with Crippen molar-refractivity contribution in [1.82, 2.24) is 0 Å². The van der Waals surface area contributed by atoms with Crippen LogP contribution in [0.3, 0.4) is 0 Å². The van der Waals surface area contributed by atoms with E-state index in [1.807, 2.05) is 30.3 Å². The molecule has 96 valence electrons. The highest BCUT2D eigenvalue weighted by atomic mass is 15.1. The van der Waals surface area contributed by atoms with Gasteiger partial charge in [0.05, 0.1) is 5.69 Å². The molecule has 0 spiro atoms. The van der Waals surface area contributed by atoms with Crippen molar-refractivity contribution in [2.24, 2.45) is 5.11 Å². The van der Waals surface area contributed by atoms with Crippen LogP contribution in [-0.4, -0.2) is 0 Å². The van der Waals surface area contributed by atoms with Gasteiger partial charge in [-0.25, -0.2) is 0 Å². The quantitative estimate of drug-likeness (QED) is 0.298. The van der Waals surface area contributed by atoms with E-state index < -0.39 is 0 Å². The standard InChI is InChI=1S/C16H12N4/c17-16-14(6-3-7-15(16)19-20-18)13-9-8-11-4-1-2-5-12(11)10-13/h1-10H,17H2. The lowest BCUT2D eigenvalue weighted by molar-refractivity contribution is 1.47. The molecular formula is C16H12N4. The minimum absolute atomic E-state index is 0.457. The molecule has 0 aliphatic rings. The molecule has 0 aromatic heterocycles. The lowest BCUT2D eigenvalue weighted by Gasteiger charge is -2.09. The minimum Gasteiger partial charge on any atom is -0.398 e. The first kappa shape index (κ1) is 12.1. The molecule has 0 atom stereocenters. The van der Waals surface area contributed by atoms with Crippen molar-refractivity contribution in [2.75, 3.05) is 5.73 Å². The van der Waals surface area contributed by atoms with Gasteiger partial charge in [0.2, 0.25) is 0 Å². The number of nitrogens with zero attached hydrogens (tertiary/aromatic N) is 3. The second kappa shape index (κ2) is 4.96. The lowest BCUT2D eigenvalue weighted by Crippen LogP contribution is -1.90. The van der Waals surface area contributed by atoms with Gasteiger partial charge in [-0.05, 0) is 27.9 Å². The molecule has 2 N–H and O–H groups in total. The maximum atomic E-state index is 8.55. The second-order valence-corrected chi connectivity index (χ2v) is 4.49. The predicted molar refractivity (Wildman–Crippen MR) is 82.6 cm³/mol. The molecule has 3 rings (SSSR count). The summed E-state index contributed by atoms with van der Waals surface area (Å²) in [6, 6.07) is 19.8. The van der Waals surface area contributed by atoms with E-state index in [0.29, 0.717) is 11.4 Å². The Morgan fingerprint density at radius 2 is 1.70 bits per heavy atom. The average molecular weight is 260 g/mol. The van der Waals surface area contributed by atoms with Crippen molar-refractivity contribution in [2.45, 2.75) is 0 Å². The largest absolute Gasteiger partial charge is 0.398 e. The highest BCUT2D eigenvalue weighted by Gasteiger charge is 2.06. The van der Waals surface area contributed by atoms with Gasteiger partial charge in [-0.15, -0.1) is 0 Å². The number of hydrogen-bond acceptors (Lipinski definition) is 2. The average Bonchev–Trinajstić information content (AvgIpc) is 2.49. The number of rotatable bonds is 2. The topological polar surface area (TPSA) is 74.8 Å². The first-order chi connectivity index (χ1) is 9.79. The molecule has 3 aromatic carbocycles. The van der Waals surface area contributed by atoms with Crippen LogP contribution >= 0.6 is 0 Å². The van der Waals surface area contributed by atoms with E-state index in [1.165, 1.54) is 5.39 Å². The number of azide groups is 1. The fourth-order valence-electron chi connectivity index (χ4n) is 2.30. The van der Waals surface area contributed by atoms with Crippen LogP contribution < -0.4 is 5.73 Å². The third-order valence-corrected chi connectivity index (χ3v) is 3.30. The Balaban J connectivity index is 2.20. The van der Waals surface area contributed by atoms with Crippen LogP contribution in [0.1, 0.15) is 0 Å². The summed E-state index contributed by atoms with van der Waals surface area (Å²) in [5.74, 6) is 0. The van der Waals surface area contributed by atoms with E-state index in [0.717, 1.165) is 16.5 Å². The molecule has 3 aromatic rings. The Morgan fingerprint density at radius 3 is 2.50 bits per heavy atom. The van der Waals surface area contributed by atoms with Crippen LogP contribution in [0.15, 0.2) is 65.8 Å². The highest BCUT2D eigenvalue weighted by Crippen LogP contribution is 2.34. The van der Waals surface area contributed by atoms with Crippen LogP contribution in [0, 0.1) is 0 Å². The van der Waals surface area contributed by atoms with Gasteiger partial charge >= 0.3 is 0 Å². The van der Waals surface area contributed by atoms with E-state index in [4.69, 9.17) is 11.3 Å². The van der Waals surface area contributed by atoms with Gasteiger partial charge in [-0.3, -0.25) is 0 Å². The van der Waals surface area contributed by atoms with Crippen molar-refractivity contribution in [1.29, 1.82) is 0 Å². The predicted octanol–water partition coefficient (Wildman–Crippen LogP) is 5.03. The number of nitrogen functional groups attached to an aromatic ring is 1. The van der Waals surface area contributed by atoms with Gasteiger partial charge in [-0.1, -0.05) is 59.7 Å². The summed E-state index contributed by atoms with van der Waals surface area (Å²) >= 11 is 0. The summed E-state index contributed by atoms with van der Waals surface area (Å²) in [7, 11) is 0. The highest BCUT2D eigenvalue weighted by molar-refractivity contribution is 5.91. The van der Waals surface area contributed by atoms with Gasteiger partial charge in [0.25, 0.3) is 0 Å². The molecule has 0 radical (unpaired) electrons. The molecule has 4 nitrogen and oxygen atoms in total. The van der Waals surface area contributed by atoms with Gasteiger partial charge < -0.3 is 5.73 Å². The fourth-order valence-corrected chi connectivity index (χ4v) is 2.30. The molecule has 0 fully saturated rings. The van der Waals surface area contributed by atoms with Crippen LogP contribution in [0.25, 0.3) is 32.3 Å². The maximum absolute atomic E-state index is 8.55. The molecule has 0 heterocycles. The van der Waals surface area contributed by atoms with E-state index in [9.17, 15) is 0 Å². The summed E-state index contributed by atoms with van der Waals surface area (Å²) in [5.41, 5.74) is 17.5. The number of anilines is 1. The fraction of sp³-hybridized carbons (Fsp3) is 0. The van der Waals surface area contributed by atoms with E-state index >= 15 is 0 Å². The van der Waals surface area contributed by atoms with Gasteiger partial charge in [0, 0.05) is 16.2 Å². The van der Waals surface area contributed by atoms with E-state index in [-0.39, 0.29) is 0 Å². The van der Waals surface area contributed by atoms with E-state index in [2.05, 4.69) is 34.3 Å². The molecule has 4 heteroatoms. The van der Waals surface area contributed by atoms with Crippen molar-refractivity contribution < 1.29 is 0 Å². The van der Waals surface area contributed by atoms with Crippen LogP contribution in [0.5, 0.6) is 0 Å². The molecular weight excluding hydrogens is 248 g/mol. The second-order valence-electron chi connectivity index (χ2n) is 4.49.